The second kappa shape index (κ2) is 9.75. The van der Waals surface area contributed by atoms with Crippen molar-refractivity contribution in [2.45, 2.75) is 25.8 Å². The number of nitrogens with one attached hydrogen (secondary N) is 1. The van der Waals surface area contributed by atoms with Crippen LogP contribution in [0.4, 0.5) is 5.69 Å². The van der Waals surface area contributed by atoms with Gasteiger partial charge in [-0.15, -0.1) is 0 Å². The highest BCUT2D eigenvalue weighted by Gasteiger charge is 2.33. The van der Waals surface area contributed by atoms with E-state index in [1.54, 1.807) is 0 Å². The van der Waals surface area contributed by atoms with Crippen LogP contribution in [0.1, 0.15) is 36.9 Å². The number of para-hydroxylation sites is 1. The molecule has 3 aromatic rings. The summed E-state index contributed by atoms with van der Waals surface area (Å²) in [6, 6.07) is 30.3. The zero-order valence-corrected chi connectivity index (χ0v) is 16.6. The van der Waals surface area contributed by atoms with Gasteiger partial charge in [0.05, 0.1) is 12.0 Å². The van der Waals surface area contributed by atoms with E-state index in [-0.39, 0.29) is 17.9 Å². The van der Waals surface area contributed by atoms with E-state index in [9.17, 15) is 4.79 Å². The van der Waals surface area contributed by atoms with Crippen molar-refractivity contribution in [1.82, 2.24) is 4.90 Å². The van der Waals surface area contributed by atoms with Crippen LogP contribution in [-0.4, -0.2) is 23.9 Å². The summed E-state index contributed by atoms with van der Waals surface area (Å²) in [4.78, 5) is 15.5. The van der Waals surface area contributed by atoms with Gasteiger partial charge in [0, 0.05) is 18.8 Å². The number of hydrogen-bond acceptors (Lipinski definition) is 2. The average molecular weight is 373 g/mol. The van der Waals surface area contributed by atoms with Crippen molar-refractivity contribution < 1.29 is 4.79 Å². The molecular formula is C25H28N2O. The quantitative estimate of drug-likeness (QED) is 0.567. The lowest BCUT2D eigenvalue weighted by atomic mass is 9.85. The topological polar surface area (TPSA) is 32.3 Å². The molecule has 0 saturated heterocycles. The Hall–Kier alpha value is -3.07. The normalized spacial score (nSPS) is 12.8. The van der Waals surface area contributed by atoms with Gasteiger partial charge in [0.15, 0.2) is 0 Å². The second-order valence-corrected chi connectivity index (χ2v) is 6.80. The van der Waals surface area contributed by atoms with Crippen molar-refractivity contribution in [2.75, 3.05) is 18.4 Å². The van der Waals surface area contributed by atoms with Crippen molar-refractivity contribution in [3.05, 3.63) is 102 Å². The number of carbonyl (C=O) groups is 1. The molecule has 0 aliphatic rings. The third kappa shape index (κ3) is 4.61. The minimum Gasteiger partial charge on any atom is -0.377 e. The molecule has 0 radical (unpaired) electrons. The summed E-state index contributed by atoms with van der Waals surface area (Å²) in [7, 11) is 0. The van der Waals surface area contributed by atoms with E-state index in [2.05, 4.69) is 29.6 Å². The fourth-order valence-corrected chi connectivity index (χ4v) is 3.60. The minimum atomic E-state index is -0.316. The van der Waals surface area contributed by atoms with E-state index < -0.39 is 0 Å². The van der Waals surface area contributed by atoms with Crippen LogP contribution in [-0.2, 0) is 4.79 Å². The molecular weight excluding hydrogens is 344 g/mol. The maximum atomic E-state index is 13.6. The van der Waals surface area contributed by atoms with Crippen molar-refractivity contribution in [3.8, 4) is 0 Å². The minimum absolute atomic E-state index is 0.147. The molecule has 2 atom stereocenters. The van der Waals surface area contributed by atoms with Crippen molar-refractivity contribution in [3.63, 3.8) is 0 Å². The van der Waals surface area contributed by atoms with E-state index in [0.29, 0.717) is 13.1 Å². The molecule has 3 aromatic carbocycles. The lowest BCUT2D eigenvalue weighted by Crippen LogP contribution is -2.38. The Morgan fingerprint density at radius 1 is 0.750 bits per heavy atom. The third-order valence-corrected chi connectivity index (χ3v) is 5.09. The zero-order valence-electron chi connectivity index (χ0n) is 16.6. The van der Waals surface area contributed by atoms with Crippen molar-refractivity contribution in [1.29, 1.82) is 0 Å². The molecule has 0 unspecified atom stereocenters. The molecule has 0 fully saturated rings. The predicted octanol–water partition coefficient (Wildman–Crippen LogP) is 5.49. The first-order chi connectivity index (χ1) is 13.7. The van der Waals surface area contributed by atoms with Gasteiger partial charge in [0.1, 0.15) is 0 Å². The highest BCUT2D eigenvalue weighted by Crippen LogP contribution is 2.35. The van der Waals surface area contributed by atoms with Crippen LogP contribution in [0.2, 0.25) is 0 Å². The SMILES string of the molecule is CCN(CC)C(=O)[C@@H](c1ccccc1)[C@H](Nc1ccccc1)c1ccccc1. The Morgan fingerprint density at radius 3 is 1.71 bits per heavy atom. The van der Waals surface area contributed by atoms with Gasteiger partial charge < -0.3 is 10.2 Å². The van der Waals surface area contributed by atoms with Gasteiger partial charge in [-0.3, -0.25) is 4.79 Å². The molecule has 3 rings (SSSR count). The van der Waals surface area contributed by atoms with Gasteiger partial charge in [0.2, 0.25) is 5.91 Å². The summed E-state index contributed by atoms with van der Waals surface area (Å²) >= 11 is 0. The van der Waals surface area contributed by atoms with Gasteiger partial charge in [-0.1, -0.05) is 78.9 Å². The number of rotatable bonds is 8. The molecule has 0 heterocycles. The van der Waals surface area contributed by atoms with Gasteiger partial charge in [-0.05, 0) is 37.1 Å². The van der Waals surface area contributed by atoms with Crippen LogP contribution >= 0.6 is 0 Å². The molecule has 3 heteroatoms. The van der Waals surface area contributed by atoms with Crippen LogP contribution in [0.25, 0.3) is 0 Å². The smallest absolute Gasteiger partial charge is 0.232 e. The first-order valence-electron chi connectivity index (χ1n) is 9.94. The second-order valence-electron chi connectivity index (χ2n) is 6.80. The number of nitrogens with zero attached hydrogens (tertiary/aromatic N) is 1. The van der Waals surface area contributed by atoms with Crippen LogP contribution < -0.4 is 5.32 Å². The number of anilines is 1. The van der Waals surface area contributed by atoms with E-state index in [1.807, 2.05) is 85.5 Å². The molecule has 1 amide bonds. The molecule has 1 N–H and O–H groups in total. The number of carbonyl (C=O) groups excluding carboxylic acids is 1. The summed E-state index contributed by atoms with van der Waals surface area (Å²) in [5.74, 6) is -0.169. The molecule has 0 spiro atoms. The highest BCUT2D eigenvalue weighted by molar-refractivity contribution is 5.85. The maximum absolute atomic E-state index is 13.6. The largest absolute Gasteiger partial charge is 0.377 e. The summed E-state index contributed by atoms with van der Waals surface area (Å²) in [6.07, 6.45) is 0. The van der Waals surface area contributed by atoms with Gasteiger partial charge in [0.25, 0.3) is 0 Å². The average Bonchev–Trinajstić information content (AvgIpc) is 2.76. The van der Waals surface area contributed by atoms with E-state index in [0.717, 1.165) is 16.8 Å². The molecule has 3 nitrogen and oxygen atoms in total. The summed E-state index contributed by atoms with van der Waals surface area (Å²) in [6.45, 7) is 5.47. The monoisotopic (exact) mass is 372 g/mol. The van der Waals surface area contributed by atoms with Gasteiger partial charge >= 0.3 is 0 Å². The molecule has 0 aliphatic carbocycles. The summed E-state index contributed by atoms with van der Waals surface area (Å²) < 4.78 is 0. The molecule has 0 aromatic heterocycles. The fraction of sp³-hybridized carbons (Fsp3) is 0.240. The van der Waals surface area contributed by atoms with E-state index in [1.165, 1.54) is 0 Å². The summed E-state index contributed by atoms with van der Waals surface area (Å²) in [5.41, 5.74) is 3.13. The van der Waals surface area contributed by atoms with Crippen LogP contribution in [0.3, 0.4) is 0 Å². The Morgan fingerprint density at radius 2 is 1.21 bits per heavy atom. The molecule has 0 bridgehead atoms. The highest BCUT2D eigenvalue weighted by atomic mass is 16.2. The Labute approximate surface area is 168 Å². The third-order valence-electron chi connectivity index (χ3n) is 5.09. The summed E-state index contributed by atoms with van der Waals surface area (Å²) in [5, 5.41) is 3.63. The maximum Gasteiger partial charge on any atom is 0.232 e. The first-order valence-corrected chi connectivity index (χ1v) is 9.94. The fourth-order valence-electron chi connectivity index (χ4n) is 3.60. The molecule has 0 aliphatic heterocycles. The van der Waals surface area contributed by atoms with Crippen LogP contribution in [0.15, 0.2) is 91.0 Å². The van der Waals surface area contributed by atoms with Crippen molar-refractivity contribution >= 4 is 11.6 Å². The predicted molar refractivity (Wildman–Crippen MR) is 116 cm³/mol. The number of benzene rings is 3. The van der Waals surface area contributed by atoms with Crippen LogP contribution in [0.5, 0.6) is 0 Å². The van der Waals surface area contributed by atoms with E-state index in [4.69, 9.17) is 0 Å². The molecule has 0 saturated carbocycles. The standard InChI is InChI=1S/C25H28N2O/c1-3-27(4-2)25(28)23(20-14-8-5-9-15-20)24(21-16-10-6-11-17-21)26-22-18-12-7-13-19-22/h5-19,23-24,26H,3-4H2,1-2H3/t23-,24+/m0/s1. The number of likely N-dealkylation sites (N-methyl/N-ethyl adjacent to an activating group) is 1. The first kappa shape index (κ1) is 19.7. The van der Waals surface area contributed by atoms with E-state index >= 15 is 0 Å². The van der Waals surface area contributed by atoms with Crippen molar-refractivity contribution in [2.24, 2.45) is 0 Å². The van der Waals surface area contributed by atoms with Crippen LogP contribution in [0, 0.1) is 0 Å². The van der Waals surface area contributed by atoms with Gasteiger partial charge in [-0.2, -0.15) is 0 Å². The molecule has 28 heavy (non-hydrogen) atoms. The lowest BCUT2D eigenvalue weighted by molar-refractivity contribution is -0.132. The molecule has 144 valence electrons. The Balaban J connectivity index is 2.09. The zero-order chi connectivity index (χ0) is 19.8. The lowest BCUT2D eigenvalue weighted by Gasteiger charge is -2.33. The van der Waals surface area contributed by atoms with Gasteiger partial charge in [-0.25, -0.2) is 0 Å². The number of amides is 1. The number of hydrogen-bond donors (Lipinski definition) is 1. The Kier molecular flexibility index (Phi) is 6.85. The Bertz CT molecular complexity index is 845.